The van der Waals surface area contributed by atoms with Crippen LogP contribution in [0.1, 0.15) is 82.9 Å². The van der Waals surface area contributed by atoms with Gasteiger partial charge in [-0.1, -0.05) is 146 Å². The van der Waals surface area contributed by atoms with Crippen molar-refractivity contribution >= 4 is 47.8 Å². The van der Waals surface area contributed by atoms with E-state index >= 15 is 0 Å². The molecular weight excluding hydrogens is 1120 g/mol. The third-order valence-corrected chi connectivity index (χ3v) is 13.7. The molecule has 0 N–H and O–H groups in total. The summed E-state index contributed by atoms with van der Waals surface area (Å²) >= 11 is 0. The molecule has 19 heteroatoms. The van der Waals surface area contributed by atoms with Gasteiger partial charge in [-0.25, -0.2) is 38.4 Å². The molecule has 8 aromatic carbocycles. The number of hydrogen-bond acceptors (Lipinski definition) is 19. The monoisotopic (exact) mass is 1170 g/mol. The molecule has 2 fully saturated rings. The molecule has 2 aliphatic rings. The molecule has 0 aromatic heterocycles. The molecule has 440 valence electrons. The van der Waals surface area contributed by atoms with Crippen molar-refractivity contribution in [1.82, 2.24) is 0 Å². The molecule has 2 heterocycles. The number of carbonyl (C=O) groups is 8. The largest absolute Gasteiger partial charge is 0.459 e. The SMILES string of the molecule is O=C(OC[C@H]1O[C@@H](O[C@H]2[C@H](OC(=O)c3ccccc3)[C@@H](OC(=O)c3ccccc3)C(OC(=O)c3ccccc3)O[C@@H]2COC(=O)c2ccccc2)[C@H](OC(=O)c2ccccc2)[C@@H](OC(=O)c2ccccc2)[C@H]1OC(=O)c1ccccc1)c1ccccc1. The Bertz CT molecular complexity index is 3620. The van der Waals surface area contributed by atoms with Gasteiger partial charge in [0.25, 0.3) is 0 Å². The molecule has 0 radical (unpaired) electrons. The first-order chi connectivity index (χ1) is 42.5. The standard InChI is InChI=1S/C68H54O19/c69-59(43-25-9-1-10-26-43)77-41-51-53(81-61(71)45-29-13-3-14-30-45)55(82-62(72)46-31-15-4-16-32-46)57(84-64(74)48-35-19-6-20-36-48)67(79-51)86-54-52(42-78-60(70)44-27-11-2-12-28-44)80-68(87-66(76)50-39-23-8-24-40-50)58(85-65(75)49-37-21-7-22-38-49)56(54)83-63(73)47-33-17-5-18-34-47/h1-40,51-58,67-68H,41-42H2/t51-,52-,53+,54-,55+,56+,57-,58-,67+,68?/m1/s1. The fourth-order valence-corrected chi connectivity index (χ4v) is 9.42. The number of benzene rings is 8. The van der Waals surface area contributed by atoms with E-state index in [0.717, 1.165) is 0 Å². The lowest BCUT2D eigenvalue weighted by Crippen LogP contribution is -2.67. The summed E-state index contributed by atoms with van der Waals surface area (Å²) < 4.78 is 69.7. The molecule has 0 aliphatic carbocycles. The first-order valence-electron chi connectivity index (χ1n) is 27.4. The van der Waals surface area contributed by atoms with Gasteiger partial charge in [0.15, 0.2) is 30.7 Å². The zero-order chi connectivity index (χ0) is 60.5. The number of esters is 8. The van der Waals surface area contributed by atoms with Gasteiger partial charge in [0, 0.05) is 0 Å². The maximum atomic E-state index is 14.7. The van der Waals surface area contributed by atoms with Crippen LogP contribution in [0.15, 0.2) is 243 Å². The van der Waals surface area contributed by atoms with Crippen LogP contribution in [0.2, 0.25) is 0 Å². The highest BCUT2D eigenvalue weighted by Crippen LogP contribution is 2.37. The van der Waals surface area contributed by atoms with Gasteiger partial charge in [-0.05, 0) is 97.1 Å². The number of carbonyl (C=O) groups excluding carboxylic acids is 8. The van der Waals surface area contributed by atoms with Crippen molar-refractivity contribution in [3.63, 3.8) is 0 Å². The summed E-state index contributed by atoms with van der Waals surface area (Å²) in [5.41, 5.74) is 0.168. The van der Waals surface area contributed by atoms with Crippen molar-refractivity contribution in [3.8, 4) is 0 Å². The first kappa shape index (κ1) is 59.6. The average Bonchev–Trinajstić information content (AvgIpc) is 3.65. The van der Waals surface area contributed by atoms with E-state index in [9.17, 15) is 38.4 Å². The summed E-state index contributed by atoms with van der Waals surface area (Å²) in [7, 11) is 0. The van der Waals surface area contributed by atoms with Gasteiger partial charge in [-0.3, -0.25) is 0 Å². The van der Waals surface area contributed by atoms with Crippen molar-refractivity contribution in [3.05, 3.63) is 287 Å². The Morgan fingerprint density at radius 3 is 0.770 bits per heavy atom. The molecule has 10 atom stereocenters. The maximum Gasteiger partial charge on any atom is 0.340 e. The van der Waals surface area contributed by atoms with E-state index in [1.165, 1.54) is 97.1 Å². The third-order valence-electron chi connectivity index (χ3n) is 13.7. The summed E-state index contributed by atoms with van der Waals surface area (Å²) in [5.74, 6) is -7.88. The normalized spacial score (nSPS) is 21.3. The van der Waals surface area contributed by atoms with Crippen LogP contribution >= 0.6 is 0 Å². The number of ether oxygens (including phenoxy) is 11. The number of rotatable bonds is 20. The molecule has 10 rings (SSSR count). The molecule has 0 bridgehead atoms. The maximum absolute atomic E-state index is 14.7. The van der Waals surface area contributed by atoms with Gasteiger partial charge >= 0.3 is 47.8 Å². The molecule has 2 aliphatic heterocycles. The molecule has 0 saturated carbocycles. The van der Waals surface area contributed by atoms with Crippen LogP contribution in [-0.2, 0) is 52.1 Å². The van der Waals surface area contributed by atoms with E-state index in [1.54, 1.807) is 146 Å². The van der Waals surface area contributed by atoms with Gasteiger partial charge in [0.2, 0.25) is 12.4 Å². The zero-order valence-corrected chi connectivity index (χ0v) is 46.0. The van der Waals surface area contributed by atoms with Crippen molar-refractivity contribution in [2.75, 3.05) is 13.2 Å². The molecule has 0 spiro atoms. The van der Waals surface area contributed by atoms with Crippen LogP contribution in [0.5, 0.6) is 0 Å². The van der Waals surface area contributed by atoms with Gasteiger partial charge in [0.1, 0.15) is 31.5 Å². The summed E-state index contributed by atoms with van der Waals surface area (Å²) in [4.78, 5) is 115. The molecule has 87 heavy (non-hydrogen) atoms. The zero-order valence-electron chi connectivity index (χ0n) is 46.0. The lowest BCUT2D eigenvalue weighted by Gasteiger charge is -2.48. The molecular formula is C68H54O19. The quantitative estimate of drug-likeness (QED) is 0.0510. The lowest BCUT2D eigenvalue weighted by atomic mass is 9.95. The fraction of sp³-hybridized carbons (Fsp3) is 0.176. The Kier molecular flexibility index (Phi) is 19.7. The van der Waals surface area contributed by atoms with E-state index in [1.807, 2.05) is 0 Å². The van der Waals surface area contributed by atoms with Crippen LogP contribution in [-0.4, -0.2) is 122 Å². The van der Waals surface area contributed by atoms with E-state index in [4.69, 9.17) is 52.1 Å². The number of hydrogen-bond donors (Lipinski definition) is 0. The molecule has 1 unspecified atom stereocenters. The van der Waals surface area contributed by atoms with Crippen LogP contribution in [0.25, 0.3) is 0 Å². The predicted octanol–water partition coefficient (Wildman–Crippen LogP) is 9.52. The Labute approximate surface area is 498 Å². The van der Waals surface area contributed by atoms with E-state index in [2.05, 4.69) is 0 Å². The van der Waals surface area contributed by atoms with Gasteiger partial charge in [-0.15, -0.1) is 0 Å². The van der Waals surface area contributed by atoms with E-state index in [-0.39, 0.29) is 44.5 Å². The molecule has 0 amide bonds. The summed E-state index contributed by atoms with van der Waals surface area (Å²) in [6.07, 6.45) is -19.4. The topological polar surface area (TPSA) is 238 Å². The molecule has 8 aromatic rings. The Morgan fingerprint density at radius 1 is 0.241 bits per heavy atom. The minimum absolute atomic E-state index is 0.00860. The lowest BCUT2D eigenvalue weighted by molar-refractivity contribution is -0.351. The van der Waals surface area contributed by atoms with Gasteiger partial charge in [-0.2, -0.15) is 0 Å². The second-order valence-electron chi connectivity index (χ2n) is 19.6. The summed E-state index contributed by atoms with van der Waals surface area (Å²) in [6, 6.07) is 61.7. The van der Waals surface area contributed by atoms with Gasteiger partial charge in [0.05, 0.1) is 44.5 Å². The van der Waals surface area contributed by atoms with Crippen LogP contribution in [0.4, 0.5) is 0 Å². The van der Waals surface area contributed by atoms with Crippen molar-refractivity contribution in [2.45, 2.75) is 61.4 Å². The van der Waals surface area contributed by atoms with E-state index in [0.29, 0.717) is 0 Å². The van der Waals surface area contributed by atoms with Crippen LogP contribution in [0.3, 0.4) is 0 Å². The summed E-state index contributed by atoms with van der Waals surface area (Å²) in [6.45, 7) is -1.58. The third kappa shape index (κ3) is 15.2. The van der Waals surface area contributed by atoms with Crippen LogP contribution < -0.4 is 0 Å². The minimum atomic E-state index is -2.13. The smallest absolute Gasteiger partial charge is 0.340 e. The van der Waals surface area contributed by atoms with Crippen molar-refractivity contribution < 1.29 is 90.5 Å². The first-order valence-corrected chi connectivity index (χ1v) is 27.4. The summed E-state index contributed by atoms with van der Waals surface area (Å²) in [5, 5.41) is 0. The average molecular weight is 1180 g/mol. The Morgan fingerprint density at radius 2 is 0.460 bits per heavy atom. The van der Waals surface area contributed by atoms with Crippen LogP contribution in [0, 0.1) is 0 Å². The second-order valence-corrected chi connectivity index (χ2v) is 19.6. The van der Waals surface area contributed by atoms with Gasteiger partial charge < -0.3 is 52.1 Å². The predicted molar refractivity (Wildman–Crippen MR) is 306 cm³/mol. The minimum Gasteiger partial charge on any atom is -0.459 e. The van der Waals surface area contributed by atoms with E-state index < -0.39 is 122 Å². The second kappa shape index (κ2) is 28.8. The van der Waals surface area contributed by atoms with Crippen molar-refractivity contribution in [2.24, 2.45) is 0 Å². The highest BCUT2D eigenvalue weighted by Gasteiger charge is 2.59. The molecule has 19 nitrogen and oxygen atoms in total. The Hall–Kier alpha value is -10.6. The molecule has 2 saturated heterocycles. The van der Waals surface area contributed by atoms with Crippen molar-refractivity contribution in [1.29, 1.82) is 0 Å². The Balaban J connectivity index is 1.14. The highest BCUT2D eigenvalue weighted by atomic mass is 16.8. The highest BCUT2D eigenvalue weighted by molar-refractivity contribution is 5.93. The fourth-order valence-electron chi connectivity index (χ4n) is 9.42.